The van der Waals surface area contributed by atoms with Crippen LogP contribution in [0.2, 0.25) is 0 Å². The molecule has 1 saturated heterocycles. The molecule has 1 aromatic heterocycles. The number of carbonyl (C=O) groups excluding carboxylic acids is 1. The van der Waals surface area contributed by atoms with Gasteiger partial charge in [0.1, 0.15) is 5.76 Å². The van der Waals surface area contributed by atoms with E-state index in [1.807, 2.05) is 47.5 Å². The van der Waals surface area contributed by atoms with Gasteiger partial charge in [0.2, 0.25) is 5.91 Å². The second-order valence-corrected chi connectivity index (χ2v) is 4.37. The zero-order chi connectivity index (χ0) is 12.4. The van der Waals surface area contributed by atoms with Gasteiger partial charge in [0.25, 0.3) is 0 Å². The first-order valence-corrected chi connectivity index (χ1v) is 5.96. The Hall–Kier alpha value is -2.07. The number of nitrogens with zero attached hydrogens (tertiary/aromatic N) is 1. The minimum atomic E-state index is 0.0513. The Balaban J connectivity index is 1.81. The van der Waals surface area contributed by atoms with Gasteiger partial charge in [-0.1, -0.05) is 30.3 Å². The van der Waals surface area contributed by atoms with Crippen LogP contribution in [0.4, 0.5) is 0 Å². The van der Waals surface area contributed by atoms with E-state index in [2.05, 4.69) is 5.43 Å². The monoisotopic (exact) mass is 242 g/mol. The first-order chi connectivity index (χ1) is 8.83. The van der Waals surface area contributed by atoms with E-state index in [0.717, 1.165) is 11.3 Å². The van der Waals surface area contributed by atoms with Crippen molar-refractivity contribution in [3.8, 4) is 0 Å². The lowest BCUT2D eigenvalue weighted by Gasteiger charge is -2.22. The van der Waals surface area contributed by atoms with Gasteiger partial charge in [-0.15, -0.1) is 0 Å². The zero-order valence-corrected chi connectivity index (χ0v) is 9.87. The van der Waals surface area contributed by atoms with Crippen molar-refractivity contribution in [2.24, 2.45) is 0 Å². The van der Waals surface area contributed by atoms with Crippen molar-refractivity contribution >= 4 is 5.91 Å². The van der Waals surface area contributed by atoms with E-state index in [4.69, 9.17) is 4.42 Å². The van der Waals surface area contributed by atoms with Crippen LogP contribution in [-0.4, -0.2) is 10.9 Å². The molecule has 0 saturated carbocycles. The number of benzene rings is 1. The Morgan fingerprint density at radius 2 is 2.06 bits per heavy atom. The van der Waals surface area contributed by atoms with E-state index in [9.17, 15) is 4.79 Å². The average molecular weight is 242 g/mol. The third-order valence-corrected chi connectivity index (χ3v) is 3.11. The van der Waals surface area contributed by atoms with Gasteiger partial charge in [0.05, 0.1) is 18.8 Å². The molecule has 4 nitrogen and oxygen atoms in total. The Kier molecular flexibility index (Phi) is 2.86. The van der Waals surface area contributed by atoms with E-state index in [1.54, 1.807) is 6.26 Å². The lowest BCUT2D eigenvalue weighted by atomic mass is 10.0. The summed E-state index contributed by atoms with van der Waals surface area (Å²) in [6.45, 7) is 0.582. The van der Waals surface area contributed by atoms with E-state index in [-0.39, 0.29) is 11.9 Å². The lowest BCUT2D eigenvalue weighted by Crippen LogP contribution is -2.34. The molecule has 0 bridgehead atoms. The molecule has 0 aliphatic carbocycles. The van der Waals surface area contributed by atoms with Crippen LogP contribution in [0.5, 0.6) is 0 Å². The molecule has 1 N–H and O–H groups in total. The van der Waals surface area contributed by atoms with Gasteiger partial charge >= 0.3 is 0 Å². The van der Waals surface area contributed by atoms with E-state index >= 15 is 0 Å². The van der Waals surface area contributed by atoms with Crippen molar-refractivity contribution in [1.82, 2.24) is 10.4 Å². The minimum absolute atomic E-state index is 0.0513. The number of nitrogens with one attached hydrogen (secondary N) is 1. The fourth-order valence-electron chi connectivity index (χ4n) is 2.26. The Bertz CT molecular complexity index is 522. The van der Waals surface area contributed by atoms with E-state index < -0.39 is 0 Å². The highest BCUT2D eigenvalue weighted by molar-refractivity contribution is 5.78. The molecular formula is C14H14N2O2. The highest BCUT2D eigenvalue weighted by Crippen LogP contribution is 2.28. The molecule has 92 valence electrons. The van der Waals surface area contributed by atoms with Gasteiger partial charge in [-0.3, -0.25) is 10.2 Å². The van der Waals surface area contributed by atoms with Crippen LogP contribution in [0.3, 0.4) is 0 Å². The SMILES string of the molecule is O=C1C[C@@H](c2ccccc2)N(Cc2ccco2)N1. The molecule has 3 rings (SSSR count). The van der Waals surface area contributed by atoms with Crippen molar-refractivity contribution < 1.29 is 9.21 Å². The highest BCUT2D eigenvalue weighted by Gasteiger charge is 2.31. The summed E-state index contributed by atoms with van der Waals surface area (Å²) in [5.41, 5.74) is 4.02. The second kappa shape index (κ2) is 4.66. The molecule has 1 atom stereocenters. The molecule has 2 aromatic rings. The predicted octanol–water partition coefficient (Wildman–Crippen LogP) is 2.26. The van der Waals surface area contributed by atoms with Crippen LogP contribution in [0, 0.1) is 0 Å². The predicted molar refractivity (Wildman–Crippen MR) is 66.2 cm³/mol. The number of hydrogen-bond donors (Lipinski definition) is 1. The molecule has 18 heavy (non-hydrogen) atoms. The first kappa shape index (κ1) is 11.0. The van der Waals surface area contributed by atoms with Crippen LogP contribution in [-0.2, 0) is 11.3 Å². The summed E-state index contributed by atoms with van der Waals surface area (Å²) in [7, 11) is 0. The number of furan rings is 1. The van der Waals surface area contributed by atoms with E-state index in [0.29, 0.717) is 13.0 Å². The molecule has 0 radical (unpaired) electrons. The maximum absolute atomic E-state index is 11.6. The summed E-state index contributed by atoms with van der Waals surface area (Å²) in [5.74, 6) is 0.897. The van der Waals surface area contributed by atoms with Crippen LogP contribution in [0.1, 0.15) is 23.8 Å². The summed E-state index contributed by atoms with van der Waals surface area (Å²) in [5, 5.41) is 1.93. The molecule has 0 spiro atoms. The number of hydrazine groups is 1. The van der Waals surface area contributed by atoms with Crippen molar-refractivity contribution in [3.05, 3.63) is 60.1 Å². The van der Waals surface area contributed by atoms with Gasteiger partial charge in [0, 0.05) is 6.42 Å². The van der Waals surface area contributed by atoms with Gasteiger partial charge in [0.15, 0.2) is 0 Å². The number of amides is 1. The van der Waals surface area contributed by atoms with Crippen LogP contribution >= 0.6 is 0 Å². The molecule has 1 amide bonds. The summed E-state index contributed by atoms with van der Waals surface area (Å²) in [6.07, 6.45) is 2.13. The van der Waals surface area contributed by atoms with Gasteiger partial charge in [-0.25, -0.2) is 5.01 Å². The molecule has 4 heteroatoms. The third kappa shape index (κ3) is 2.15. The normalized spacial score (nSPS) is 20.0. The summed E-state index contributed by atoms with van der Waals surface area (Å²) in [4.78, 5) is 11.6. The maximum atomic E-state index is 11.6. The van der Waals surface area contributed by atoms with Gasteiger partial charge in [-0.05, 0) is 17.7 Å². The van der Waals surface area contributed by atoms with Crippen molar-refractivity contribution in [2.45, 2.75) is 19.0 Å². The minimum Gasteiger partial charge on any atom is -0.468 e. The van der Waals surface area contributed by atoms with Crippen molar-refractivity contribution in [3.63, 3.8) is 0 Å². The second-order valence-electron chi connectivity index (χ2n) is 4.37. The first-order valence-electron chi connectivity index (χ1n) is 5.96. The molecular weight excluding hydrogens is 228 g/mol. The number of rotatable bonds is 3. The topological polar surface area (TPSA) is 45.5 Å². The molecule has 1 aliphatic heterocycles. The molecule has 0 unspecified atom stereocenters. The molecule has 2 heterocycles. The molecule has 1 aliphatic rings. The van der Waals surface area contributed by atoms with E-state index in [1.165, 1.54) is 0 Å². The quantitative estimate of drug-likeness (QED) is 0.898. The summed E-state index contributed by atoms with van der Waals surface area (Å²) >= 11 is 0. The Labute approximate surface area is 105 Å². The van der Waals surface area contributed by atoms with Crippen LogP contribution < -0.4 is 5.43 Å². The van der Waals surface area contributed by atoms with Gasteiger partial charge in [-0.2, -0.15) is 0 Å². The largest absolute Gasteiger partial charge is 0.468 e. The zero-order valence-electron chi connectivity index (χ0n) is 9.87. The molecule has 1 fully saturated rings. The standard InChI is InChI=1S/C14H14N2O2/c17-14-9-13(11-5-2-1-3-6-11)16(15-14)10-12-7-4-8-18-12/h1-8,13H,9-10H2,(H,15,17)/t13-/m0/s1. The fraction of sp³-hybridized carbons (Fsp3) is 0.214. The number of carbonyl (C=O) groups is 1. The maximum Gasteiger partial charge on any atom is 0.236 e. The molecule has 1 aromatic carbocycles. The fourth-order valence-corrected chi connectivity index (χ4v) is 2.26. The third-order valence-electron chi connectivity index (χ3n) is 3.11. The van der Waals surface area contributed by atoms with Crippen molar-refractivity contribution in [2.75, 3.05) is 0 Å². The van der Waals surface area contributed by atoms with Gasteiger partial charge < -0.3 is 4.42 Å². The average Bonchev–Trinajstić information content (AvgIpc) is 3.01. The van der Waals surface area contributed by atoms with Crippen LogP contribution in [0.15, 0.2) is 53.1 Å². The Morgan fingerprint density at radius 1 is 1.22 bits per heavy atom. The highest BCUT2D eigenvalue weighted by atomic mass is 16.3. The smallest absolute Gasteiger partial charge is 0.236 e. The number of hydrogen-bond acceptors (Lipinski definition) is 3. The van der Waals surface area contributed by atoms with Crippen LogP contribution in [0.25, 0.3) is 0 Å². The lowest BCUT2D eigenvalue weighted by molar-refractivity contribution is -0.121. The Morgan fingerprint density at radius 3 is 2.78 bits per heavy atom. The summed E-state index contributed by atoms with van der Waals surface area (Å²) in [6, 6.07) is 13.9. The summed E-state index contributed by atoms with van der Waals surface area (Å²) < 4.78 is 5.32. The van der Waals surface area contributed by atoms with Crippen molar-refractivity contribution in [1.29, 1.82) is 0 Å².